The third-order valence-electron chi connectivity index (χ3n) is 5.42. The molecule has 0 radical (unpaired) electrons. The van der Waals surface area contributed by atoms with Crippen LogP contribution >= 0.6 is 45.9 Å². The molecule has 4 N–H and O–H groups in total. The van der Waals surface area contributed by atoms with Crippen LogP contribution in [-0.2, 0) is 16.6 Å². The standard InChI is InChI=1S/C24H17Cl2N5O5S3/c25-19-8-6-16(37-19)12-27-14-3-7-17-18(11-14)29-24(34)31(22(17)32)15-4-1-13(2-5-15)28-23(33)30-39(35,36)21-10-9-20(26)38-21/h1-11,27H,12H2,(H,29,34)(H2,28,30,33). The zero-order chi connectivity index (χ0) is 27.7. The molecule has 15 heteroatoms. The zero-order valence-electron chi connectivity index (χ0n) is 19.5. The number of thiophene rings is 2. The van der Waals surface area contributed by atoms with Gasteiger partial charge in [-0.2, -0.15) is 0 Å². The van der Waals surface area contributed by atoms with Crippen molar-refractivity contribution < 1.29 is 13.2 Å². The Morgan fingerprint density at radius 2 is 1.59 bits per heavy atom. The molecule has 0 aliphatic rings. The lowest BCUT2D eigenvalue weighted by Gasteiger charge is -2.10. The minimum Gasteiger partial charge on any atom is -0.380 e. The summed E-state index contributed by atoms with van der Waals surface area (Å²) in [5, 5.41) is 5.94. The van der Waals surface area contributed by atoms with Crippen LogP contribution in [0.5, 0.6) is 0 Å². The van der Waals surface area contributed by atoms with E-state index in [9.17, 15) is 22.8 Å². The van der Waals surface area contributed by atoms with Gasteiger partial charge in [0.1, 0.15) is 4.21 Å². The molecule has 2 aromatic carbocycles. The van der Waals surface area contributed by atoms with Crippen LogP contribution in [0.3, 0.4) is 0 Å². The average molecular weight is 623 g/mol. The normalized spacial score (nSPS) is 11.4. The number of aromatic amines is 1. The van der Waals surface area contributed by atoms with Gasteiger partial charge in [0.2, 0.25) is 0 Å². The van der Waals surface area contributed by atoms with Crippen molar-refractivity contribution in [1.29, 1.82) is 0 Å². The monoisotopic (exact) mass is 621 g/mol. The topological polar surface area (TPSA) is 142 Å². The molecule has 0 aliphatic carbocycles. The highest BCUT2D eigenvalue weighted by Crippen LogP contribution is 2.25. The Hall–Kier alpha value is -3.62. The quantitative estimate of drug-likeness (QED) is 0.196. The minimum absolute atomic E-state index is 0.108. The van der Waals surface area contributed by atoms with E-state index >= 15 is 0 Å². The van der Waals surface area contributed by atoms with Gasteiger partial charge in [0.05, 0.1) is 25.3 Å². The van der Waals surface area contributed by atoms with Gasteiger partial charge in [-0.25, -0.2) is 27.3 Å². The number of anilines is 2. The second-order valence-corrected chi connectivity index (χ2v) is 13.5. The third-order valence-corrected chi connectivity index (χ3v) is 9.70. The highest BCUT2D eigenvalue weighted by molar-refractivity contribution is 7.92. The van der Waals surface area contributed by atoms with Crippen LogP contribution in [0.15, 0.2) is 80.5 Å². The second-order valence-electron chi connectivity index (χ2n) is 8.06. The first-order valence-electron chi connectivity index (χ1n) is 11.1. The third kappa shape index (κ3) is 6.02. The van der Waals surface area contributed by atoms with Gasteiger partial charge >= 0.3 is 11.7 Å². The first-order chi connectivity index (χ1) is 18.6. The molecule has 10 nitrogen and oxygen atoms in total. The number of nitrogens with one attached hydrogen (secondary N) is 4. The SMILES string of the molecule is O=C(Nc1ccc(-n2c(=O)[nH]c3cc(NCc4ccc(Cl)s4)ccc3c2=O)cc1)NS(=O)(=O)c1ccc(Cl)s1. The van der Waals surface area contributed by atoms with E-state index in [-0.39, 0.29) is 19.9 Å². The Kier molecular flexibility index (Phi) is 7.51. The van der Waals surface area contributed by atoms with Gasteiger partial charge in [-0.05, 0) is 66.7 Å². The van der Waals surface area contributed by atoms with E-state index in [1.54, 1.807) is 18.2 Å². The van der Waals surface area contributed by atoms with Crippen molar-refractivity contribution in [3.63, 3.8) is 0 Å². The number of halogens is 2. The Labute approximate surface area is 238 Å². The van der Waals surface area contributed by atoms with Gasteiger partial charge in [0, 0.05) is 22.8 Å². The largest absolute Gasteiger partial charge is 0.380 e. The summed E-state index contributed by atoms with van der Waals surface area (Å²) in [5.41, 5.74) is 0.421. The number of benzene rings is 2. The molecule has 0 unspecified atom stereocenters. The molecule has 2 amide bonds. The summed E-state index contributed by atoms with van der Waals surface area (Å²) in [6.07, 6.45) is 0. The van der Waals surface area contributed by atoms with Gasteiger partial charge in [-0.3, -0.25) is 4.79 Å². The zero-order valence-corrected chi connectivity index (χ0v) is 23.5. The van der Waals surface area contributed by atoms with E-state index in [2.05, 4.69) is 15.6 Å². The number of carbonyl (C=O) groups excluding carboxylic acids is 1. The van der Waals surface area contributed by atoms with E-state index in [0.29, 0.717) is 21.8 Å². The van der Waals surface area contributed by atoms with Gasteiger partial charge in [0.15, 0.2) is 0 Å². The lowest BCUT2D eigenvalue weighted by Crippen LogP contribution is -2.34. The molecule has 39 heavy (non-hydrogen) atoms. The van der Waals surface area contributed by atoms with Crippen LogP contribution in [0.1, 0.15) is 4.88 Å². The van der Waals surface area contributed by atoms with Gasteiger partial charge in [-0.15, -0.1) is 22.7 Å². The van der Waals surface area contributed by atoms with Crippen LogP contribution in [0, 0.1) is 0 Å². The van der Waals surface area contributed by atoms with Crippen molar-refractivity contribution >= 4 is 84.2 Å². The molecule has 0 saturated heterocycles. The summed E-state index contributed by atoms with van der Waals surface area (Å²) in [5.74, 6) is 0. The number of fused-ring (bicyclic) bond motifs is 1. The number of sulfonamides is 1. The number of amides is 2. The lowest BCUT2D eigenvalue weighted by molar-refractivity contribution is 0.256. The molecule has 3 heterocycles. The lowest BCUT2D eigenvalue weighted by atomic mass is 10.2. The number of nitrogens with zero attached hydrogens (tertiary/aromatic N) is 1. The molecule has 0 atom stereocenters. The average Bonchev–Trinajstić information content (AvgIpc) is 3.51. The number of hydrogen-bond donors (Lipinski definition) is 4. The fourth-order valence-electron chi connectivity index (χ4n) is 3.66. The molecule has 0 bridgehead atoms. The summed E-state index contributed by atoms with van der Waals surface area (Å²) in [6.45, 7) is 0.539. The van der Waals surface area contributed by atoms with Crippen molar-refractivity contribution in [3.8, 4) is 5.69 Å². The van der Waals surface area contributed by atoms with Crippen LogP contribution < -0.4 is 26.6 Å². The Balaban J connectivity index is 1.32. The maximum absolute atomic E-state index is 13.2. The van der Waals surface area contributed by atoms with E-state index in [1.165, 1.54) is 47.7 Å². The van der Waals surface area contributed by atoms with Gasteiger partial charge in [0.25, 0.3) is 15.6 Å². The van der Waals surface area contributed by atoms with Crippen molar-refractivity contribution in [1.82, 2.24) is 14.3 Å². The predicted octanol–water partition coefficient (Wildman–Crippen LogP) is 5.23. The first-order valence-corrected chi connectivity index (χ1v) is 14.9. The molecule has 3 aromatic heterocycles. The van der Waals surface area contributed by atoms with Gasteiger partial charge in [-0.1, -0.05) is 23.2 Å². The number of hydrogen-bond acceptors (Lipinski definition) is 8. The Bertz CT molecular complexity index is 1930. The smallest absolute Gasteiger partial charge is 0.333 e. The van der Waals surface area contributed by atoms with Crippen molar-refractivity contribution in [2.75, 3.05) is 10.6 Å². The molecule has 0 saturated carbocycles. The van der Waals surface area contributed by atoms with Gasteiger partial charge < -0.3 is 15.6 Å². The summed E-state index contributed by atoms with van der Waals surface area (Å²) >= 11 is 14.0. The molecule has 200 valence electrons. The van der Waals surface area contributed by atoms with Crippen LogP contribution in [0.2, 0.25) is 8.67 Å². The molecule has 0 fully saturated rings. The maximum Gasteiger partial charge on any atom is 0.333 e. The van der Waals surface area contributed by atoms with E-state index in [4.69, 9.17) is 23.2 Å². The molecule has 5 aromatic rings. The maximum atomic E-state index is 13.2. The molecular weight excluding hydrogens is 605 g/mol. The van der Waals surface area contributed by atoms with E-state index in [1.807, 2.05) is 16.9 Å². The number of H-pyrrole nitrogens is 1. The number of aromatic nitrogens is 2. The number of urea groups is 1. The van der Waals surface area contributed by atoms with Crippen LogP contribution in [0.4, 0.5) is 16.2 Å². The predicted molar refractivity (Wildman–Crippen MR) is 155 cm³/mol. The highest BCUT2D eigenvalue weighted by atomic mass is 35.5. The van der Waals surface area contributed by atoms with Crippen LogP contribution in [0.25, 0.3) is 16.6 Å². The highest BCUT2D eigenvalue weighted by Gasteiger charge is 2.20. The number of carbonyl (C=O) groups is 1. The Morgan fingerprint density at radius 1 is 0.897 bits per heavy atom. The number of rotatable bonds is 7. The minimum atomic E-state index is -4.09. The fourth-order valence-corrected chi connectivity index (χ4v) is 7.08. The molecular formula is C24H17Cl2N5O5S3. The van der Waals surface area contributed by atoms with E-state index in [0.717, 1.165) is 26.5 Å². The molecule has 5 rings (SSSR count). The van der Waals surface area contributed by atoms with Crippen molar-refractivity contribution in [2.24, 2.45) is 0 Å². The van der Waals surface area contributed by atoms with Crippen molar-refractivity contribution in [3.05, 3.63) is 101 Å². The fraction of sp³-hybridized carbons (Fsp3) is 0.0417. The van der Waals surface area contributed by atoms with Crippen molar-refractivity contribution in [2.45, 2.75) is 10.8 Å². The van der Waals surface area contributed by atoms with E-state index < -0.39 is 27.3 Å². The molecule has 0 aliphatic heterocycles. The Morgan fingerprint density at radius 3 is 2.26 bits per heavy atom. The first kappa shape index (κ1) is 27.0. The second kappa shape index (κ2) is 10.9. The van der Waals surface area contributed by atoms with Crippen LogP contribution in [-0.4, -0.2) is 24.0 Å². The summed E-state index contributed by atoms with van der Waals surface area (Å²) in [4.78, 5) is 42.0. The summed E-state index contributed by atoms with van der Waals surface area (Å²) < 4.78 is 28.3. The summed E-state index contributed by atoms with van der Waals surface area (Å²) in [7, 11) is -4.09. The molecule has 0 spiro atoms. The summed E-state index contributed by atoms with van der Waals surface area (Å²) in [6, 6.07) is 16.3.